The molecule has 0 aliphatic carbocycles. The first-order chi connectivity index (χ1) is 8.15. The zero-order valence-corrected chi connectivity index (χ0v) is 10.5. The Labute approximate surface area is 103 Å². The summed E-state index contributed by atoms with van der Waals surface area (Å²) in [6, 6.07) is 3.78. The maximum Gasteiger partial charge on any atom is 0.137 e. The van der Waals surface area contributed by atoms with Crippen LogP contribution in [0.15, 0.2) is 23.7 Å². The van der Waals surface area contributed by atoms with Gasteiger partial charge in [0.15, 0.2) is 0 Å². The normalized spacial score (nSPS) is 11.2. The van der Waals surface area contributed by atoms with Crippen LogP contribution < -0.4 is 5.73 Å². The van der Waals surface area contributed by atoms with E-state index in [2.05, 4.69) is 15.3 Å². The van der Waals surface area contributed by atoms with Crippen LogP contribution in [0.5, 0.6) is 0 Å². The molecule has 0 unspecified atom stereocenters. The number of pyridine rings is 1. The number of imidazole rings is 1. The molecule has 0 bridgehead atoms. The molecule has 2 N–H and O–H groups in total. The van der Waals surface area contributed by atoms with Crippen molar-refractivity contribution in [2.45, 2.75) is 13.8 Å². The van der Waals surface area contributed by atoms with Crippen molar-refractivity contribution in [2.75, 3.05) is 5.73 Å². The second-order valence-electron chi connectivity index (χ2n) is 3.99. The van der Waals surface area contributed by atoms with Gasteiger partial charge in [0.1, 0.15) is 11.3 Å². The number of fused-ring (bicyclic) bond motifs is 1. The summed E-state index contributed by atoms with van der Waals surface area (Å²) in [4.78, 5) is 9.02. The van der Waals surface area contributed by atoms with Crippen molar-refractivity contribution in [1.82, 2.24) is 14.4 Å². The molecule has 3 aromatic rings. The number of nitrogen functional groups attached to an aromatic ring is 1. The fraction of sp³-hybridized carbons (Fsp3) is 0.167. The van der Waals surface area contributed by atoms with Crippen LogP contribution in [0, 0.1) is 13.8 Å². The molecule has 17 heavy (non-hydrogen) atoms. The van der Waals surface area contributed by atoms with Crippen LogP contribution >= 0.6 is 11.3 Å². The number of rotatable bonds is 1. The molecule has 3 rings (SSSR count). The van der Waals surface area contributed by atoms with E-state index in [1.807, 2.05) is 36.6 Å². The smallest absolute Gasteiger partial charge is 0.137 e. The van der Waals surface area contributed by atoms with E-state index in [-0.39, 0.29) is 0 Å². The first kappa shape index (κ1) is 10.3. The molecule has 0 aliphatic heterocycles. The lowest BCUT2D eigenvalue weighted by Gasteiger charge is -2.00. The van der Waals surface area contributed by atoms with Crippen molar-refractivity contribution in [3.8, 4) is 11.4 Å². The number of hydrogen-bond acceptors (Lipinski definition) is 4. The van der Waals surface area contributed by atoms with Crippen LogP contribution in [0.3, 0.4) is 0 Å². The van der Waals surface area contributed by atoms with Crippen molar-refractivity contribution in [3.63, 3.8) is 0 Å². The molecule has 0 aliphatic rings. The Hall–Kier alpha value is -1.88. The molecule has 3 aromatic heterocycles. The Bertz CT molecular complexity index is 696. The fourth-order valence-electron chi connectivity index (χ4n) is 1.96. The molecule has 0 saturated carbocycles. The standard InChI is InChI=1S/C12H12N4S/c1-7-12(10-6-17-8(2)15-10)16-5-9(13)3-4-11(16)14-7/h3-6H,13H2,1-2H3. The summed E-state index contributed by atoms with van der Waals surface area (Å²) in [5.41, 5.74) is 10.4. The van der Waals surface area contributed by atoms with E-state index in [0.717, 1.165) is 33.4 Å². The Kier molecular flexibility index (Phi) is 2.16. The zero-order chi connectivity index (χ0) is 12.0. The minimum atomic E-state index is 0.725. The van der Waals surface area contributed by atoms with Gasteiger partial charge in [-0.25, -0.2) is 9.97 Å². The molecule has 0 atom stereocenters. The minimum Gasteiger partial charge on any atom is -0.398 e. The fourth-order valence-corrected chi connectivity index (χ4v) is 2.56. The average molecular weight is 244 g/mol. The lowest BCUT2D eigenvalue weighted by atomic mass is 10.3. The van der Waals surface area contributed by atoms with Gasteiger partial charge in [0.05, 0.1) is 16.4 Å². The summed E-state index contributed by atoms with van der Waals surface area (Å²) in [5, 5.41) is 3.10. The van der Waals surface area contributed by atoms with Gasteiger partial charge in [-0.05, 0) is 26.0 Å². The largest absolute Gasteiger partial charge is 0.398 e. The van der Waals surface area contributed by atoms with Gasteiger partial charge in [-0.15, -0.1) is 11.3 Å². The minimum absolute atomic E-state index is 0.725. The summed E-state index contributed by atoms with van der Waals surface area (Å²) in [6.45, 7) is 3.99. The van der Waals surface area contributed by atoms with Crippen LogP contribution in [-0.2, 0) is 0 Å². The molecular formula is C12H12N4S. The molecule has 0 aromatic carbocycles. The maximum absolute atomic E-state index is 5.82. The van der Waals surface area contributed by atoms with E-state index in [1.54, 1.807) is 11.3 Å². The van der Waals surface area contributed by atoms with E-state index in [4.69, 9.17) is 5.73 Å². The number of anilines is 1. The Morgan fingerprint density at radius 1 is 1.24 bits per heavy atom. The molecule has 3 heterocycles. The average Bonchev–Trinajstić information content (AvgIpc) is 2.81. The van der Waals surface area contributed by atoms with E-state index in [1.165, 1.54) is 0 Å². The van der Waals surface area contributed by atoms with E-state index in [0.29, 0.717) is 0 Å². The van der Waals surface area contributed by atoms with Gasteiger partial charge in [-0.1, -0.05) is 0 Å². The summed E-state index contributed by atoms with van der Waals surface area (Å²) in [5.74, 6) is 0. The second-order valence-corrected chi connectivity index (χ2v) is 5.05. The number of nitrogens with two attached hydrogens (primary N) is 1. The highest BCUT2D eigenvalue weighted by atomic mass is 32.1. The number of aromatic nitrogens is 3. The third-order valence-electron chi connectivity index (χ3n) is 2.68. The quantitative estimate of drug-likeness (QED) is 0.716. The van der Waals surface area contributed by atoms with Crippen molar-refractivity contribution in [1.29, 1.82) is 0 Å². The van der Waals surface area contributed by atoms with Gasteiger partial charge in [-0.3, -0.25) is 4.40 Å². The first-order valence-corrected chi connectivity index (χ1v) is 6.20. The van der Waals surface area contributed by atoms with E-state index >= 15 is 0 Å². The van der Waals surface area contributed by atoms with Crippen molar-refractivity contribution >= 4 is 22.7 Å². The van der Waals surface area contributed by atoms with Gasteiger partial charge in [0.2, 0.25) is 0 Å². The van der Waals surface area contributed by atoms with Gasteiger partial charge in [-0.2, -0.15) is 0 Å². The van der Waals surface area contributed by atoms with Gasteiger partial charge in [0, 0.05) is 17.3 Å². The highest BCUT2D eigenvalue weighted by Gasteiger charge is 2.13. The van der Waals surface area contributed by atoms with Crippen molar-refractivity contribution in [2.24, 2.45) is 0 Å². The van der Waals surface area contributed by atoms with Crippen LogP contribution in [0.2, 0.25) is 0 Å². The van der Waals surface area contributed by atoms with E-state index in [9.17, 15) is 0 Å². The first-order valence-electron chi connectivity index (χ1n) is 5.32. The predicted octanol–water partition coefficient (Wildman–Crippen LogP) is 2.66. The highest BCUT2D eigenvalue weighted by Crippen LogP contribution is 2.26. The maximum atomic E-state index is 5.82. The summed E-state index contributed by atoms with van der Waals surface area (Å²) in [7, 11) is 0. The number of thiazole rings is 1. The lowest BCUT2D eigenvalue weighted by molar-refractivity contribution is 1.16. The molecule has 0 saturated heterocycles. The Morgan fingerprint density at radius 3 is 2.76 bits per heavy atom. The molecule has 0 amide bonds. The molecular weight excluding hydrogens is 232 g/mol. The lowest BCUT2D eigenvalue weighted by Crippen LogP contribution is -1.93. The highest BCUT2D eigenvalue weighted by molar-refractivity contribution is 7.09. The number of aryl methyl sites for hydroxylation is 2. The Balaban J connectivity index is 2.34. The molecule has 4 nitrogen and oxygen atoms in total. The SMILES string of the molecule is Cc1nc(-c2c(C)nc3ccc(N)cn23)cs1. The van der Waals surface area contributed by atoms with Gasteiger partial charge < -0.3 is 5.73 Å². The summed E-state index contributed by atoms with van der Waals surface area (Å²) >= 11 is 1.64. The molecule has 0 fully saturated rings. The number of hydrogen-bond donors (Lipinski definition) is 1. The van der Waals surface area contributed by atoms with Gasteiger partial charge in [0.25, 0.3) is 0 Å². The van der Waals surface area contributed by atoms with Crippen molar-refractivity contribution in [3.05, 3.63) is 34.4 Å². The monoisotopic (exact) mass is 244 g/mol. The van der Waals surface area contributed by atoms with E-state index < -0.39 is 0 Å². The predicted molar refractivity (Wildman–Crippen MR) is 70.2 cm³/mol. The molecule has 0 spiro atoms. The number of nitrogens with zero attached hydrogens (tertiary/aromatic N) is 3. The third kappa shape index (κ3) is 1.59. The molecule has 0 radical (unpaired) electrons. The topological polar surface area (TPSA) is 56.2 Å². The zero-order valence-electron chi connectivity index (χ0n) is 9.64. The third-order valence-corrected chi connectivity index (χ3v) is 3.45. The summed E-state index contributed by atoms with van der Waals surface area (Å²) in [6.07, 6.45) is 1.89. The van der Waals surface area contributed by atoms with Crippen LogP contribution in [0.1, 0.15) is 10.7 Å². The second kappa shape index (κ2) is 3.56. The van der Waals surface area contributed by atoms with Crippen molar-refractivity contribution < 1.29 is 0 Å². The molecule has 5 heteroatoms. The Morgan fingerprint density at radius 2 is 2.06 bits per heavy atom. The molecule has 86 valence electrons. The van der Waals surface area contributed by atoms with Crippen LogP contribution in [0.25, 0.3) is 17.0 Å². The van der Waals surface area contributed by atoms with Crippen LogP contribution in [0.4, 0.5) is 5.69 Å². The summed E-state index contributed by atoms with van der Waals surface area (Å²) < 4.78 is 2.00. The van der Waals surface area contributed by atoms with Gasteiger partial charge >= 0.3 is 0 Å². The van der Waals surface area contributed by atoms with Crippen LogP contribution in [-0.4, -0.2) is 14.4 Å².